The Balaban J connectivity index is 2.23. The van der Waals surface area contributed by atoms with Gasteiger partial charge < -0.3 is 15.5 Å². The second-order valence-electron chi connectivity index (χ2n) is 4.48. The molecule has 0 aromatic carbocycles. The average molecular weight is 266 g/mol. The number of nitrogens with two attached hydrogens (primary N) is 1. The highest BCUT2D eigenvalue weighted by molar-refractivity contribution is 6.00. The van der Waals surface area contributed by atoms with E-state index in [1.807, 2.05) is 0 Å². The number of anilines is 1. The lowest BCUT2D eigenvalue weighted by atomic mass is 10.2. The minimum absolute atomic E-state index is 0.00245. The standard InChI is InChI=1S/C12H15FN4O2/c1-16-3-2-4-17(7-10(16)18)12(19)9-5-8(13)6-15-11(9)14/h5-6H,2-4,7H2,1H3,(H2,14,15). The van der Waals surface area contributed by atoms with Gasteiger partial charge >= 0.3 is 0 Å². The third-order valence-electron chi connectivity index (χ3n) is 3.08. The average Bonchev–Trinajstić information content (AvgIpc) is 2.54. The van der Waals surface area contributed by atoms with Crippen LogP contribution in [0, 0.1) is 5.82 Å². The summed E-state index contributed by atoms with van der Waals surface area (Å²) in [4.78, 5) is 30.5. The first-order chi connectivity index (χ1) is 8.99. The second kappa shape index (κ2) is 5.21. The molecule has 0 aliphatic carbocycles. The molecular weight excluding hydrogens is 251 g/mol. The summed E-state index contributed by atoms with van der Waals surface area (Å²) in [6.45, 7) is 1.01. The molecule has 0 bridgehead atoms. The Labute approximate surface area is 110 Å². The molecule has 2 amide bonds. The smallest absolute Gasteiger partial charge is 0.258 e. The predicted octanol–water partition coefficient (Wildman–Crippen LogP) is 0.107. The number of amides is 2. The molecule has 1 saturated heterocycles. The van der Waals surface area contributed by atoms with Crippen molar-refractivity contribution >= 4 is 17.6 Å². The van der Waals surface area contributed by atoms with E-state index in [9.17, 15) is 14.0 Å². The van der Waals surface area contributed by atoms with E-state index in [2.05, 4.69) is 4.98 Å². The lowest BCUT2D eigenvalue weighted by Crippen LogP contribution is -2.38. The molecular formula is C12H15FN4O2. The van der Waals surface area contributed by atoms with E-state index < -0.39 is 11.7 Å². The molecule has 1 aromatic rings. The Morgan fingerprint density at radius 2 is 2.21 bits per heavy atom. The van der Waals surface area contributed by atoms with Crippen LogP contribution in [-0.4, -0.2) is 53.3 Å². The normalized spacial score (nSPS) is 16.4. The number of pyridine rings is 1. The van der Waals surface area contributed by atoms with Gasteiger partial charge in [-0.2, -0.15) is 0 Å². The van der Waals surface area contributed by atoms with E-state index >= 15 is 0 Å². The van der Waals surface area contributed by atoms with Gasteiger partial charge in [0.25, 0.3) is 5.91 Å². The van der Waals surface area contributed by atoms with Gasteiger partial charge in [-0.3, -0.25) is 9.59 Å². The number of carbonyl (C=O) groups excluding carboxylic acids is 2. The van der Waals surface area contributed by atoms with E-state index in [0.717, 1.165) is 12.3 Å². The van der Waals surface area contributed by atoms with E-state index in [1.165, 1.54) is 4.90 Å². The van der Waals surface area contributed by atoms with Crippen molar-refractivity contribution in [3.05, 3.63) is 23.6 Å². The first-order valence-corrected chi connectivity index (χ1v) is 5.93. The molecule has 1 aromatic heterocycles. The number of carbonyl (C=O) groups is 2. The van der Waals surface area contributed by atoms with E-state index in [-0.39, 0.29) is 23.8 Å². The summed E-state index contributed by atoms with van der Waals surface area (Å²) in [5.41, 5.74) is 5.57. The Kier molecular flexibility index (Phi) is 3.64. The molecule has 0 atom stereocenters. The van der Waals surface area contributed by atoms with E-state index in [0.29, 0.717) is 19.5 Å². The fourth-order valence-corrected chi connectivity index (χ4v) is 1.95. The highest BCUT2D eigenvalue weighted by Crippen LogP contribution is 2.14. The van der Waals surface area contributed by atoms with Crippen molar-refractivity contribution in [2.24, 2.45) is 0 Å². The molecule has 1 aliphatic rings. The van der Waals surface area contributed by atoms with Gasteiger partial charge in [0.2, 0.25) is 5.91 Å². The van der Waals surface area contributed by atoms with Gasteiger partial charge in [-0.1, -0.05) is 0 Å². The summed E-state index contributed by atoms with van der Waals surface area (Å²) < 4.78 is 13.1. The molecule has 0 unspecified atom stereocenters. The quantitative estimate of drug-likeness (QED) is 0.782. The van der Waals surface area contributed by atoms with Gasteiger partial charge in [0.05, 0.1) is 11.8 Å². The fraction of sp³-hybridized carbons (Fsp3) is 0.417. The Bertz CT molecular complexity index is 520. The molecule has 2 heterocycles. The summed E-state index contributed by atoms with van der Waals surface area (Å²) in [7, 11) is 1.69. The molecule has 1 aliphatic heterocycles. The number of halogens is 1. The van der Waals surface area contributed by atoms with Gasteiger partial charge in [-0.15, -0.1) is 0 Å². The molecule has 1 fully saturated rings. The maximum atomic E-state index is 13.1. The van der Waals surface area contributed by atoms with Crippen molar-refractivity contribution in [1.82, 2.24) is 14.8 Å². The topological polar surface area (TPSA) is 79.5 Å². The molecule has 102 valence electrons. The summed E-state index contributed by atoms with van der Waals surface area (Å²) in [6, 6.07) is 1.05. The van der Waals surface area contributed by atoms with Gasteiger partial charge in [-0.05, 0) is 12.5 Å². The van der Waals surface area contributed by atoms with Crippen molar-refractivity contribution in [1.29, 1.82) is 0 Å². The van der Waals surface area contributed by atoms with E-state index in [1.54, 1.807) is 11.9 Å². The van der Waals surface area contributed by atoms with Crippen LogP contribution in [0.2, 0.25) is 0 Å². The van der Waals surface area contributed by atoms with Crippen LogP contribution in [0.1, 0.15) is 16.8 Å². The number of hydrogen-bond donors (Lipinski definition) is 1. The zero-order valence-corrected chi connectivity index (χ0v) is 10.6. The predicted molar refractivity (Wildman–Crippen MR) is 66.8 cm³/mol. The third kappa shape index (κ3) is 2.81. The van der Waals surface area contributed by atoms with Crippen LogP contribution in [0.25, 0.3) is 0 Å². The molecule has 0 spiro atoms. The molecule has 6 nitrogen and oxygen atoms in total. The van der Waals surface area contributed by atoms with Gasteiger partial charge in [0.15, 0.2) is 0 Å². The zero-order valence-electron chi connectivity index (χ0n) is 10.6. The van der Waals surface area contributed by atoms with Crippen molar-refractivity contribution < 1.29 is 14.0 Å². The first kappa shape index (κ1) is 13.3. The Morgan fingerprint density at radius 3 is 2.95 bits per heavy atom. The minimum Gasteiger partial charge on any atom is -0.383 e. The van der Waals surface area contributed by atoms with Crippen LogP contribution in [0.5, 0.6) is 0 Å². The molecule has 0 radical (unpaired) electrons. The fourth-order valence-electron chi connectivity index (χ4n) is 1.95. The number of aromatic nitrogens is 1. The lowest BCUT2D eigenvalue weighted by molar-refractivity contribution is -0.129. The molecule has 19 heavy (non-hydrogen) atoms. The van der Waals surface area contributed by atoms with Gasteiger partial charge in [0.1, 0.15) is 18.2 Å². The largest absolute Gasteiger partial charge is 0.383 e. The lowest BCUT2D eigenvalue weighted by Gasteiger charge is -2.20. The number of rotatable bonds is 1. The Hall–Kier alpha value is -2.18. The molecule has 2 N–H and O–H groups in total. The van der Waals surface area contributed by atoms with Crippen molar-refractivity contribution in [3.63, 3.8) is 0 Å². The van der Waals surface area contributed by atoms with Crippen LogP contribution in [0.3, 0.4) is 0 Å². The number of nitrogens with zero attached hydrogens (tertiary/aromatic N) is 3. The van der Waals surface area contributed by atoms with Gasteiger partial charge in [0, 0.05) is 20.1 Å². The molecule has 7 heteroatoms. The minimum atomic E-state index is -0.629. The Morgan fingerprint density at radius 1 is 1.47 bits per heavy atom. The van der Waals surface area contributed by atoms with Crippen LogP contribution < -0.4 is 5.73 Å². The van der Waals surface area contributed by atoms with Crippen molar-refractivity contribution in [2.75, 3.05) is 32.4 Å². The highest BCUT2D eigenvalue weighted by Gasteiger charge is 2.25. The van der Waals surface area contributed by atoms with Crippen molar-refractivity contribution in [3.8, 4) is 0 Å². The number of likely N-dealkylation sites (N-methyl/N-ethyl adjacent to an activating group) is 1. The summed E-state index contributed by atoms with van der Waals surface area (Å²) in [5.74, 6) is -1.27. The number of hydrogen-bond acceptors (Lipinski definition) is 4. The maximum Gasteiger partial charge on any atom is 0.258 e. The highest BCUT2D eigenvalue weighted by atomic mass is 19.1. The maximum absolute atomic E-state index is 13.1. The van der Waals surface area contributed by atoms with Crippen LogP contribution in [0.4, 0.5) is 10.2 Å². The van der Waals surface area contributed by atoms with E-state index in [4.69, 9.17) is 5.73 Å². The SMILES string of the molecule is CN1CCCN(C(=O)c2cc(F)cnc2N)CC1=O. The monoisotopic (exact) mass is 266 g/mol. The zero-order chi connectivity index (χ0) is 14.0. The second-order valence-corrected chi connectivity index (χ2v) is 4.48. The summed E-state index contributed by atoms with van der Waals surface area (Å²) in [5, 5.41) is 0. The third-order valence-corrected chi connectivity index (χ3v) is 3.08. The van der Waals surface area contributed by atoms with Crippen LogP contribution in [-0.2, 0) is 4.79 Å². The summed E-state index contributed by atoms with van der Waals surface area (Å²) >= 11 is 0. The van der Waals surface area contributed by atoms with Crippen LogP contribution in [0.15, 0.2) is 12.3 Å². The number of nitrogen functional groups attached to an aromatic ring is 1. The van der Waals surface area contributed by atoms with Crippen LogP contribution >= 0.6 is 0 Å². The first-order valence-electron chi connectivity index (χ1n) is 5.93. The summed E-state index contributed by atoms with van der Waals surface area (Å²) in [6.07, 6.45) is 1.63. The molecule has 2 rings (SSSR count). The van der Waals surface area contributed by atoms with Gasteiger partial charge in [-0.25, -0.2) is 9.37 Å². The van der Waals surface area contributed by atoms with Crippen molar-refractivity contribution in [2.45, 2.75) is 6.42 Å². The molecule has 0 saturated carbocycles.